The molecule has 0 bridgehead atoms. The lowest BCUT2D eigenvalue weighted by Gasteiger charge is -2.26. The van der Waals surface area contributed by atoms with Crippen molar-refractivity contribution in [1.29, 1.82) is 0 Å². The van der Waals surface area contributed by atoms with E-state index in [0.717, 1.165) is 10.1 Å². The molecular weight excluding hydrogens is 325 g/mol. The standard InChI is InChI=1S/C13H22N3O4PS/c1-5-18-13(4)11(22-12-14-10-15-16(12)13)8-9-21(17,19-6-2)20-7-3/h8,10H,5-7,9H2,1-4H3/b11-8-. The average Bonchev–Trinajstić information content (AvgIpc) is 3.01. The summed E-state index contributed by atoms with van der Waals surface area (Å²) in [6.07, 6.45) is 3.55. The monoisotopic (exact) mass is 347 g/mol. The fourth-order valence-electron chi connectivity index (χ4n) is 2.27. The van der Waals surface area contributed by atoms with Gasteiger partial charge in [-0.1, -0.05) is 6.08 Å². The molecule has 0 N–H and O–H groups in total. The van der Waals surface area contributed by atoms with Crippen molar-refractivity contribution < 1.29 is 18.3 Å². The fraction of sp³-hybridized carbons (Fsp3) is 0.692. The highest BCUT2D eigenvalue weighted by Gasteiger charge is 2.42. The van der Waals surface area contributed by atoms with E-state index >= 15 is 0 Å². The van der Waals surface area contributed by atoms with Gasteiger partial charge in [0.2, 0.25) is 0 Å². The van der Waals surface area contributed by atoms with E-state index in [4.69, 9.17) is 13.8 Å². The van der Waals surface area contributed by atoms with Gasteiger partial charge in [-0.15, -0.1) is 0 Å². The van der Waals surface area contributed by atoms with Gasteiger partial charge in [0, 0.05) is 11.5 Å². The molecule has 1 aromatic heterocycles. The van der Waals surface area contributed by atoms with Crippen molar-refractivity contribution in [1.82, 2.24) is 14.8 Å². The Morgan fingerprint density at radius 3 is 2.59 bits per heavy atom. The molecule has 1 unspecified atom stereocenters. The minimum Gasteiger partial charge on any atom is -0.349 e. The van der Waals surface area contributed by atoms with Gasteiger partial charge in [0.25, 0.3) is 0 Å². The van der Waals surface area contributed by atoms with Gasteiger partial charge in [-0.05, 0) is 39.5 Å². The molecule has 1 atom stereocenters. The zero-order chi connectivity index (χ0) is 16.2. The SMILES string of the molecule is CCOC1(C)/C(=C/CP(=O)(OCC)OCC)Sc2ncnn21. The minimum absolute atomic E-state index is 0.199. The van der Waals surface area contributed by atoms with Gasteiger partial charge in [0.15, 0.2) is 10.9 Å². The lowest BCUT2D eigenvalue weighted by atomic mass is 10.2. The van der Waals surface area contributed by atoms with E-state index in [9.17, 15) is 4.57 Å². The van der Waals surface area contributed by atoms with E-state index in [1.165, 1.54) is 18.1 Å². The normalized spacial score (nSPS) is 23.2. The van der Waals surface area contributed by atoms with Crippen molar-refractivity contribution in [2.75, 3.05) is 26.0 Å². The molecule has 0 spiro atoms. The molecule has 22 heavy (non-hydrogen) atoms. The molecule has 0 radical (unpaired) electrons. The fourth-order valence-corrected chi connectivity index (χ4v) is 4.97. The van der Waals surface area contributed by atoms with E-state index in [1.807, 2.05) is 19.9 Å². The van der Waals surface area contributed by atoms with Crippen molar-refractivity contribution >= 4 is 19.4 Å². The number of aromatic nitrogens is 3. The first kappa shape index (κ1) is 17.7. The first-order chi connectivity index (χ1) is 10.5. The van der Waals surface area contributed by atoms with Crippen LogP contribution in [0.1, 0.15) is 27.7 Å². The lowest BCUT2D eigenvalue weighted by Crippen LogP contribution is -2.32. The van der Waals surface area contributed by atoms with Crippen LogP contribution in [0, 0.1) is 0 Å². The van der Waals surface area contributed by atoms with Crippen LogP contribution in [0.5, 0.6) is 0 Å². The Bertz CT molecular complexity index is 582. The predicted octanol–water partition coefficient (Wildman–Crippen LogP) is 3.24. The van der Waals surface area contributed by atoms with Crippen LogP contribution < -0.4 is 0 Å². The third-order valence-electron chi connectivity index (χ3n) is 3.16. The molecule has 0 aliphatic carbocycles. The maximum Gasteiger partial charge on any atom is 0.334 e. The summed E-state index contributed by atoms with van der Waals surface area (Å²) < 4.78 is 30.8. The van der Waals surface area contributed by atoms with E-state index in [0.29, 0.717) is 19.8 Å². The molecule has 0 saturated carbocycles. The number of hydrogen-bond donors (Lipinski definition) is 0. The number of thioether (sulfide) groups is 1. The smallest absolute Gasteiger partial charge is 0.334 e. The van der Waals surface area contributed by atoms with E-state index in [2.05, 4.69) is 10.1 Å². The molecule has 0 aromatic carbocycles. The first-order valence-electron chi connectivity index (χ1n) is 7.30. The lowest BCUT2D eigenvalue weighted by molar-refractivity contribution is -0.0612. The summed E-state index contributed by atoms with van der Waals surface area (Å²) in [4.78, 5) is 5.10. The van der Waals surface area contributed by atoms with Crippen molar-refractivity contribution in [2.24, 2.45) is 0 Å². The number of allylic oxidation sites excluding steroid dienone is 1. The van der Waals surface area contributed by atoms with Gasteiger partial charge < -0.3 is 13.8 Å². The third kappa shape index (κ3) is 3.46. The highest BCUT2D eigenvalue weighted by atomic mass is 32.2. The van der Waals surface area contributed by atoms with Gasteiger partial charge in [0.1, 0.15) is 6.33 Å². The third-order valence-corrected chi connectivity index (χ3v) is 6.32. The summed E-state index contributed by atoms with van der Waals surface area (Å²) >= 11 is 1.46. The highest BCUT2D eigenvalue weighted by Crippen LogP contribution is 2.51. The van der Waals surface area contributed by atoms with Crippen molar-refractivity contribution in [3.63, 3.8) is 0 Å². The van der Waals surface area contributed by atoms with Crippen LogP contribution in [0.4, 0.5) is 0 Å². The maximum absolute atomic E-state index is 12.6. The second-order valence-corrected chi connectivity index (χ2v) is 7.78. The Balaban J connectivity index is 2.24. The summed E-state index contributed by atoms with van der Waals surface area (Å²) in [7, 11) is -3.12. The van der Waals surface area contributed by atoms with Gasteiger partial charge >= 0.3 is 7.60 Å². The Morgan fingerprint density at radius 1 is 1.32 bits per heavy atom. The molecule has 0 saturated heterocycles. The summed E-state index contributed by atoms with van der Waals surface area (Å²) in [5.41, 5.74) is -0.728. The Morgan fingerprint density at radius 2 is 2.00 bits per heavy atom. The molecular formula is C13H22N3O4PS. The molecule has 2 rings (SSSR count). The topological polar surface area (TPSA) is 75.5 Å². The van der Waals surface area contributed by atoms with Gasteiger partial charge in [0.05, 0.1) is 19.4 Å². The number of fused-ring (bicyclic) bond motifs is 1. The van der Waals surface area contributed by atoms with E-state index in [-0.39, 0.29) is 6.16 Å². The molecule has 1 aliphatic heterocycles. The zero-order valence-electron chi connectivity index (χ0n) is 13.3. The largest absolute Gasteiger partial charge is 0.349 e. The number of nitrogens with zero attached hydrogens (tertiary/aromatic N) is 3. The van der Waals surface area contributed by atoms with Crippen LogP contribution in [0.2, 0.25) is 0 Å². The van der Waals surface area contributed by atoms with Crippen molar-refractivity contribution in [3.05, 3.63) is 17.3 Å². The molecule has 124 valence electrons. The van der Waals surface area contributed by atoms with Crippen molar-refractivity contribution in [2.45, 2.75) is 38.6 Å². The second kappa shape index (κ2) is 7.27. The molecule has 0 amide bonds. The Labute approximate surface area is 135 Å². The van der Waals surface area contributed by atoms with Gasteiger partial charge in [-0.25, -0.2) is 9.67 Å². The summed E-state index contributed by atoms with van der Waals surface area (Å²) in [5.74, 6) is 0. The van der Waals surface area contributed by atoms with Gasteiger partial charge in [-0.3, -0.25) is 4.57 Å². The van der Waals surface area contributed by atoms with E-state index < -0.39 is 13.3 Å². The zero-order valence-corrected chi connectivity index (χ0v) is 15.0. The number of rotatable bonds is 8. The average molecular weight is 347 g/mol. The van der Waals surface area contributed by atoms with Gasteiger partial charge in [-0.2, -0.15) is 5.10 Å². The summed E-state index contributed by atoms with van der Waals surface area (Å²) in [6.45, 7) is 8.67. The molecule has 1 aliphatic rings. The molecule has 2 heterocycles. The summed E-state index contributed by atoms with van der Waals surface area (Å²) in [6, 6.07) is 0. The maximum atomic E-state index is 12.6. The van der Waals surface area contributed by atoms with Crippen LogP contribution in [0.25, 0.3) is 0 Å². The number of hydrogen-bond acceptors (Lipinski definition) is 7. The highest BCUT2D eigenvalue weighted by molar-refractivity contribution is 8.03. The van der Waals surface area contributed by atoms with Crippen LogP contribution in [0.3, 0.4) is 0 Å². The van der Waals surface area contributed by atoms with Crippen LogP contribution in [0.15, 0.2) is 22.5 Å². The minimum atomic E-state index is -3.12. The molecule has 1 aromatic rings. The van der Waals surface area contributed by atoms with E-state index in [1.54, 1.807) is 18.5 Å². The Kier molecular flexibility index (Phi) is 5.85. The second-order valence-electron chi connectivity index (χ2n) is 4.67. The quantitative estimate of drug-likeness (QED) is 0.668. The number of ether oxygens (including phenoxy) is 1. The molecule has 9 heteroatoms. The van der Waals surface area contributed by atoms with Crippen molar-refractivity contribution in [3.8, 4) is 0 Å². The summed E-state index contributed by atoms with van der Waals surface area (Å²) in [5, 5.41) is 4.98. The van der Waals surface area contributed by atoms with Crippen LogP contribution in [-0.4, -0.2) is 40.7 Å². The molecule has 7 nitrogen and oxygen atoms in total. The predicted molar refractivity (Wildman–Crippen MR) is 85.0 cm³/mol. The molecule has 0 fully saturated rings. The first-order valence-corrected chi connectivity index (χ1v) is 9.84. The van der Waals surface area contributed by atoms with Crippen LogP contribution in [-0.2, 0) is 24.1 Å². The Hall–Kier alpha value is -0.660. The van der Waals surface area contributed by atoms with Crippen LogP contribution >= 0.6 is 19.4 Å².